The first kappa shape index (κ1) is 18.0. The summed E-state index contributed by atoms with van der Waals surface area (Å²) in [5.74, 6) is -0.427. The summed E-state index contributed by atoms with van der Waals surface area (Å²) in [6.07, 6.45) is -0.454. The number of aromatic nitrogens is 1. The fourth-order valence-corrected chi connectivity index (χ4v) is 2.19. The van der Waals surface area contributed by atoms with Crippen molar-refractivity contribution in [1.29, 1.82) is 0 Å². The maximum absolute atomic E-state index is 12.8. The fourth-order valence-electron chi connectivity index (χ4n) is 1.97. The number of rotatable bonds is 4. The van der Waals surface area contributed by atoms with Crippen LogP contribution in [0.2, 0.25) is 5.02 Å². The number of carbonyl (C=O) groups excluding carboxylic acids is 1. The first-order valence-corrected chi connectivity index (χ1v) is 7.38. The largest absolute Gasteiger partial charge is 0.417 e. The van der Waals surface area contributed by atoms with Crippen molar-refractivity contribution in [2.24, 2.45) is 0 Å². The van der Waals surface area contributed by atoms with Crippen molar-refractivity contribution in [1.82, 2.24) is 10.3 Å². The predicted molar refractivity (Wildman–Crippen MR) is 86.3 cm³/mol. The number of amides is 1. The predicted octanol–water partition coefficient (Wildman–Crippen LogP) is 4.39. The van der Waals surface area contributed by atoms with Crippen LogP contribution < -0.4 is 5.32 Å². The van der Waals surface area contributed by atoms with Crippen molar-refractivity contribution in [3.63, 3.8) is 0 Å². The van der Waals surface area contributed by atoms with Gasteiger partial charge in [0.05, 0.1) is 22.8 Å². The van der Waals surface area contributed by atoms with E-state index in [0.29, 0.717) is 0 Å². The van der Waals surface area contributed by atoms with Crippen LogP contribution in [0.5, 0.6) is 0 Å². The van der Waals surface area contributed by atoms with Crippen LogP contribution in [-0.4, -0.2) is 10.9 Å². The summed E-state index contributed by atoms with van der Waals surface area (Å²) in [5.41, 5.74) is 0.964. The molecule has 2 aromatic rings. The molecule has 0 saturated carbocycles. The molecule has 1 amide bonds. The minimum atomic E-state index is -4.54. The van der Waals surface area contributed by atoms with Crippen LogP contribution in [0.25, 0.3) is 6.08 Å². The summed E-state index contributed by atoms with van der Waals surface area (Å²) in [7, 11) is 0. The van der Waals surface area contributed by atoms with Gasteiger partial charge in [-0.25, -0.2) is 0 Å². The fraction of sp³-hybridized carbons (Fsp3) is 0.176. The lowest BCUT2D eigenvalue weighted by molar-refractivity contribution is -0.137. The van der Waals surface area contributed by atoms with Crippen molar-refractivity contribution >= 4 is 23.6 Å². The van der Waals surface area contributed by atoms with Crippen molar-refractivity contribution in [3.8, 4) is 0 Å². The number of alkyl halides is 3. The summed E-state index contributed by atoms with van der Waals surface area (Å²) in [6, 6.07) is 7.12. The van der Waals surface area contributed by atoms with Crippen LogP contribution in [0, 0.1) is 6.92 Å². The van der Waals surface area contributed by atoms with Gasteiger partial charge in [-0.3, -0.25) is 9.78 Å². The zero-order valence-corrected chi connectivity index (χ0v) is 13.4. The zero-order valence-electron chi connectivity index (χ0n) is 12.7. The van der Waals surface area contributed by atoms with Gasteiger partial charge in [-0.05, 0) is 42.3 Å². The molecule has 0 saturated heterocycles. The molecule has 0 bridgehead atoms. The number of hydrogen-bond donors (Lipinski definition) is 1. The Hall–Kier alpha value is -2.34. The normalized spacial score (nSPS) is 11.7. The SMILES string of the molecule is Cc1cccnc1CNC(=O)/C=C/c1ccc(Cl)c(C(F)(F)F)c1. The van der Waals surface area contributed by atoms with E-state index in [-0.39, 0.29) is 17.1 Å². The molecule has 1 aromatic carbocycles. The summed E-state index contributed by atoms with van der Waals surface area (Å²) in [5, 5.41) is 2.25. The zero-order chi connectivity index (χ0) is 17.7. The van der Waals surface area contributed by atoms with Gasteiger partial charge >= 0.3 is 6.18 Å². The second-order valence-corrected chi connectivity index (χ2v) is 5.46. The van der Waals surface area contributed by atoms with E-state index in [1.807, 2.05) is 13.0 Å². The topological polar surface area (TPSA) is 42.0 Å². The number of halogens is 4. The lowest BCUT2D eigenvalue weighted by Crippen LogP contribution is -2.21. The van der Waals surface area contributed by atoms with Gasteiger partial charge in [0.2, 0.25) is 5.91 Å². The Morgan fingerprint density at radius 1 is 1.33 bits per heavy atom. The number of benzene rings is 1. The Labute approximate surface area is 142 Å². The van der Waals surface area contributed by atoms with E-state index in [1.54, 1.807) is 12.3 Å². The van der Waals surface area contributed by atoms with E-state index in [2.05, 4.69) is 10.3 Å². The average molecular weight is 355 g/mol. The summed E-state index contributed by atoms with van der Waals surface area (Å²) < 4.78 is 38.3. The number of pyridine rings is 1. The second kappa shape index (κ2) is 7.49. The highest BCUT2D eigenvalue weighted by atomic mass is 35.5. The Morgan fingerprint density at radius 2 is 2.08 bits per heavy atom. The molecule has 0 aliphatic heterocycles. The van der Waals surface area contributed by atoms with Crippen molar-refractivity contribution in [2.45, 2.75) is 19.6 Å². The van der Waals surface area contributed by atoms with Gasteiger partial charge in [-0.1, -0.05) is 23.7 Å². The highest BCUT2D eigenvalue weighted by Gasteiger charge is 2.33. The Bertz CT molecular complexity index is 773. The Morgan fingerprint density at radius 3 is 2.75 bits per heavy atom. The lowest BCUT2D eigenvalue weighted by Gasteiger charge is -2.09. The summed E-state index contributed by atoms with van der Waals surface area (Å²) in [6.45, 7) is 2.11. The molecule has 1 aromatic heterocycles. The molecule has 0 atom stereocenters. The van der Waals surface area contributed by atoms with E-state index in [9.17, 15) is 18.0 Å². The van der Waals surface area contributed by atoms with E-state index >= 15 is 0 Å². The maximum Gasteiger partial charge on any atom is 0.417 e. The highest BCUT2D eigenvalue weighted by molar-refractivity contribution is 6.31. The third-order valence-electron chi connectivity index (χ3n) is 3.27. The standard InChI is InChI=1S/C17H14ClF3N2O/c1-11-3-2-8-22-15(11)10-23-16(24)7-5-12-4-6-14(18)13(9-12)17(19,20)21/h2-9H,10H2,1H3,(H,23,24)/b7-5+. The molecule has 7 heteroatoms. The van der Waals surface area contributed by atoms with Crippen LogP contribution in [0.3, 0.4) is 0 Å². The van der Waals surface area contributed by atoms with Gasteiger partial charge in [0.1, 0.15) is 0 Å². The van der Waals surface area contributed by atoms with E-state index in [0.717, 1.165) is 23.4 Å². The molecule has 0 aliphatic carbocycles. The van der Waals surface area contributed by atoms with Gasteiger partial charge in [0.25, 0.3) is 0 Å². The molecule has 126 valence electrons. The molecular formula is C17H14ClF3N2O. The van der Waals surface area contributed by atoms with Gasteiger partial charge < -0.3 is 5.32 Å². The van der Waals surface area contributed by atoms with Crippen molar-refractivity contribution in [2.75, 3.05) is 0 Å². The molecule has 0 aliphatic rings. The van der Waals surface area contributed by atoms with Gasteiger partial charge in [0.15, 0.2) is 0 Å². The van der Waals surface area contributed by atoms with Gasteiger partial charge in [-0.15, -0.1) is 0 Å². The Balaban J connectivity index is 2.03. The molecule has 1 N–H and O–H groups in total. The third-order valence-corrected chi connectivity index (χ3v) is 3.60. The average Bonchev–Trinajstić information content (AvgIpc) is 2.52. The van der Waals surface area contributed by atoms with Crippen LogP contribution >= 0.6 is 11.6 Å². The summed E-state index contributed by atoms with van der Waals surface area (Å²) >= 11 is 5.55. The number of carbonyl (C=O) groups is 1. The minimum absolute atomic E-state index is 0.232. The molecular weight excluding hydrogens is 341 g/mol. The quantitative estimate of drug-likeness (QED) is 0.827. The number of hydrogen-bond acceptors (Lipinski definition) is 2. The maximum atomic E-state index is 12.8. The van der Waals surface area contributed by atoms with E-state index in [4.69, 9.17) is 11.6 Å². The van der Waals surface area contributed by atoms with E-state index < -0.39 is 17.6 Å². The van der Waals surface area contributed by atoms with E-state index in [1.165, 1.54) is 18.2 Å². The highest BCUT2D eigenvalue weighted by Crippen LogP contribution is 2.35. The minimum Gasteiger partial charge on any atom is -0.347 e. The molecule has 3 nitrogen and oxygen atoms in total. The number of nitrogens with one attached hydrogen (secondary N) is 1. The van der Waals surface area contributed by atoms with Crippen LogP contribution in [-0.2, 0) is 17.5 Å². The summed E-state index contributed by atoms with van der Waals surface area (Å²) in [4.78, 5) is 15.9. The first-order valence-electron chi connectivity index (χ1n) is 7.00. The van der Waals surface area contributed by atoms with Crippen LogP contribution in [0.15, 0.2) is 42.6 Å². The van der Waals surface area contributed by atoms with Crippen molar-refractivity contribution in [3.05, 3.63) is 70.0 Å². The second-order valence-electron chi connectivity index (χ2n) is 5.06. The molecule has 24 heavy (non-hydrogen) atoms. The monoisotopic (exact) mass is 354 g/mol. The number of nitrogens with zero attached hydrogens (tertiary/aromatic N) is 1. The molecule has 0 fully saturated rings. The number of aryl methyl sites for hydroxylation is 1. The molecule has 0 spiro atoms. The molecule has 0 unspecified atom stereocenters. The van der Waals surface area contributed by atoms with Gasteiger partial charge in [-0.2, -0.15) is 13.2 Å². The van der Waals surface area contributed by atoms with Gasteiger partial charge in [0, 0.05) is 12.3 Å². The Kier molecular flexibility index (Phi) is 5.62. The molecule has 2 rings (SSSR count). The molecule has 1 heterocycles. The van der Waals surface area contributed by atoms with Crippen LogP contribution in [0.1, 0.15) is 22.4 Å². The molecule has 0 radical (unpaired) electrons. The smallest absolute Gasteiger partial charge is 0.347 e. The third kappa shape index (κ3) is 4.83. The lowest BCUT2D eigenvalue weighted by atomic mass is 10.1. The van der Waals surface area contributed by atoms with Crippen molar-refractivity contribution < 1.29 is 18.0 Å². The van der Waals surface area contributed by atoms with Crippen LogP contribution in [0.4, 0.5) is 13.2 Å². The first-order chi connectivity index (χ1) is 11.3.